The lowest BCUT2D eigenvalue weighted by atomic mass is 9.98. The summed E-state index contributed by atoms with van der Waals surface area (Å²) in [5.74, 6) is 1.03. The fourth-order valence-corrected chi connectivity index (χ4v) is 3.75. The van der Waals surface area contributed by atoms with E-state index in [1.54, 1.807) is 0 Å². The molecular weight excluding hydrogens is 460 g/mol. The van der Waals surface area contributed by atoms with Crippen LogP contribution in [0.15, 0.2) is 12.1 Å². The average molecular weight is 492 g/mol. The lowest BCUT2D eigenvalue weighted by molar-refractivity contribution is -0.318. The van der Waals surface area contributed by atoms with E-state index in [2.05, 4.69) is 0 Å². The molecule has 1 aromatic rings. The van der Waals surface area contributed by atoms with Crippen LogP contribution in [-0.4, -0.2) is 120 Å². The van der Waals surface area contributed by atoms with Crippen LogP contribution in [0, 0.1) is 0 Å². The summed E-state index contributed by atoms with van der Waals surface area (Å²) in [5, 5.41) is 60.8. The highest BCUT2D eigenvalue weighted by molar-refractivity contribution is 5.55. The van der Waals surface area contributed by atoms with Gasteiger partial charge < -0.3 is 63.8 Å². The van der Waals surface area contributed by atoms with Gasteiger partial charge in [0.2, 0.25) is 12.0 Å². The molecule has 10 atom stereocenters. The van der Waals surface area contributed by atoms with Gasteiger partial charge in [0.25, 0.3) is 0 Å². The Kier molecular flexibility index (Phi) is 8.78. The summed E-state index contributed by atoms with van der Waals surface area (Å²) in [6, 6.07) is 2.92. The van der Waals surface area contributed by atoms with Crippen LogP contribution in [0.1, 0.15) is 6.92 Å². The van der Waals surface area contributed by atoms with Gasteiger partial charge >= 0.3 is 0 Å². The maximum absolute atomic E-state index is 10.4. The molecule has 2 fully saturated rings. The Labute approximate surface area is 195 Å². The number of ether oxygens (including phenoxy) is 7. The van der Waals surface area contributed by atoms with Crippen LogP contribution in [-0.2, 0) is 14.2 Å². The zero-order chi connectivity index (χ0) is 25.2. The van der Waals surface area contributed by atoms with E-state index in [1.165, 1.54) is 40.4 Å². The minimum Gasteiger partial charge on any atom is -0.493 e. The van der Waals surface area contributed by atoms with Crippen molar-refractivity contribution in [1.82, 2.24) is 0 Å². The van der Waals surface area contributed by atoms with Gasteiger partial charge in [0.05, 0.1) is 34.0 Å². The van der Waals surface area contributed by atoms with E-state index in [0.717, 1.165) is 0 Å². The Morgan fingerprint density at radius 2 is 1.26 bits per heavy atom. The summed E-state index contributed by atoms with van der Waals surface area (Å²) in [7, 11) is 4.27. The molecule has 194 valence electrons. The average Bonchev–Trinajstić information content (AvgIpc) is 2.84. The first-order valence-corrected chi connectivity index (χ1v) is 10.6. The summed E-state index contributed by atoms with van der Waals surface area (Å²) in [4.78, 5) is 0. The highest BCUT2D eigenvalue weighted by Crippen LogP contribution is 2.41. The second-order valence-electron chi connectivity index (χ2n) is 8.01. The molecule has 0 amide bonds. The van der Waals surface area contributed by atoms with Gasteiger partial charge in [0.1, 0.15) is 48.5 Å². The molecule has 1 aromatic carbocycles. The molecule has 3 rings (SSSR count). The Balaban J connectivity index is 1.72. The van der Waals surface area contributed by atoms with E-state index in [9.17, 15) is 30.6 Å². The monoisotopic (exact) mass is 492 g/mol. The molecule has 2 aliphatic heterocycles. The molecule has 6 N–H and O–H groups in total. The largest absolute Gasteiger partial charge is 0.493 e. The smallest absolute Gasteiger partial charge is 0.229 e. The fraction of sp³-hybridized carbons (Fsp3) is 0.714. The normalized spacial score (nSPS) is 38.3. The summed E-state index contributed by atoms with van der Waals surface area (Å²) in [6.45, 7) is 1.08. The molecule has 2 heterocycles. The Hall–Kier alpha value is -1.94. The first-order valence-electron chi connectivity index (χ1n) is 10.6. The zero-order valence-electron chi connectivity index (χ0n) is 19.2. The molecular formula is C21H32O13. The first kappa shape index (κ1) is 26.7. The Morgan fingerprint density at radius 3 is 1.82 bits per heavy atom. The third-order valence-corrected chi connectivity index (χ3v) is 5.79. The molecule has 2 saturated heterocycles. The number of hydrogen-bond acceptors (Lipinski definition) is 13. The molecule has 0 radical (unpaired) electrons. The quantitative estimate of drug-likeness (QED) is 0.229. The predicted octanol–water partition coefficient (Wildman–Crippen LogP) is -2.26. The van der Waals surface area contributed by atoms with E-state index < -0.39 is 68.0 Å². The SMILES string of the molecule is COc1cc(O[C@@H]2O[C@H](CO[C@@H]3O[C@@H](C)[C@H](O)[C@@H](O)[C@H]3O)[C@@H](O)[C@H](O)[C@H]2O)cc(OC)c1OC. The molecule has 0 saturated carbocycles. The molecule has 2 aliphatic rings. The second kappa shape index (κ2) is 11.2. The first-order chi connectivity index (χ1) is 16.1. The van der Waals surface area contributed by atoms with Crippen molar-refractivity contribution >= 4 is 0 Å². The topological polar surface area (TPSA) is 186 Å². The predicted molar refractivity (Wildman–Crippen MR) is 112 cm³/mol. The minimum absolute atomic E-state index is 0.152. The van der Waals surface area contributed by atoms with Gasteiger partial charge in [-0.25, -0.2) is 0 Å². The van der Waals surface area contributed by atoms with Gasteiger partial charge in [0, 0.05) is 12.1 Å². The van der Waals surface area contributed by atoms with Crippen LogP contribution >= 0.6 is 0 Å². The highest BCUT2D eigenvalue weighted by atomic mass is 16.7. The maximum Gasteiger partial charge on any atom is 0.229 e. The van der Waals surface area contributed by atoms with Crippen LogP contribution < -0.4 is 18.9 Å². The van der Waals surface area contributed by atoms with Crippen molar-refractivity contribution in [3.05, 3.63) is 12.1 Å². The van der Waals surface area contributed by atoms with Crippen LogP contribution in [0.25, 0.3) is 0 Å². The van der Waals surface area contributed by atoms with Gasteiger partial charge in [0.15, 0.2) is 17.8 Å². The van der Waals surface area contributed by atoms with Crippen molar-refractivity contribution < 1.29 is 63.8 Å². The maximum atomic E-state index is 10.4. The molecule has 13 heteroatoms. The number of aliphatic hydroxyl groups is 6. The molecule has 34 heavy (non-hydrogen) atoms. The van der Waals surface area contributed by atoms with Crippen LogP contribution in [0.5, 0.6) is 23.0 Å². The summed E-state index contributed by atoms with van der Waals surface area (Å²) < 4.78 is 37.9. The standard InChI is InChI=1S/C21H32O13/c1-8-13(22)15(24)17(26)20(32-8)31-7-12-14(23)16(25)18(27)21(34-12)33-9-5-10(28-2)19(30-4)11(6-9)29-3/h5-6,8,12-18,20-27H,7H2,1-4H3/t8-,12+,13-,14+,15+,16-,17+,18+,20+,21+/m0/s1. The number of rotatable bonds is 8. The lowest BCUT2D eigenvalue weighted by Crippen LogP contribution is -2.61. The van der Waals surface area contributed by atoms with Crippen molar-refractivity contribution in [1.29, 1.82) is 0 Å². The summed E-state index contributed by atoms with van der Waals surface area (Å²) in [6.07, 6.45) is -14.0. The summed E-state index contributed by atoms with van der Waals surface area (Å²) in [5.41, 5.74) is 0. The van der Waals surface area contributed by atoms with E-state index in [-0.39, 0.29) is 17.2 Å². The van der Waals surface area contributed by atoms with Crippen LogP contribution in [0.2, 0.25) is 0 Å². The van der Waals surface area contributed by atoms with E-state index in [0.29, 0.717) is 5.75 Å². The Morgan fingerprint density at radius 1 is 0.706 bits per heavy atom. The third kappa shape index (κ3) is 5.32. The molecule has 0 aromatic heterocycles. The van der Waals surface area contributed by atoms with E-state index in [4.69, 9.17) is 33.2 Å². The van der Waals surface area contributed by atoms with Gasteiger partial charge in [-0.15, -0.1) is 0 Å². The molecule has 13 nitrogen and oxygen atoms in total. The summed E-state index contributed by atoms with van der Waals surface area (Å²) >= 11 is 0. The Bertz CT molecular complexity index is 782. The highest BCUT2D eigenvalue weighted by Gasteiger charge is 2.47. The number of benzene rings is 1. The number of methoxy groups -OCH3 is 3. The van der Waals surface area contributed by atoms with Gasteiger partial charge in [-0.3, -0.25) is 0 Å². The molecule has 0 aliphatic carbocycles. The third-order valence-electron chi connectivity index (χ3n) is 5.79. The van der Waals surface area contributed by atoms with Gasteiger partial charge in [-0.1, -0.05) is 0 Å². The van der Waals surface area contributed by atoms with Crippen molar-refractivity contribution in [2.24, 2.45) is 0 Å². The van der Waals surface area contributed by atoms with Gasteiger partial charge in [-0.2, -0.15) is 0 Å². The van der Waals surface area contributed by atoms with Crippen LogP contribution in [0.3, 0.4) is 0 Å². The van der Waals surface area contributed by atoms with Crippen molar-refractivity contribution in [2.75, 3.05) is 27.9 Å². The van der Waals surface area contributed by atoms with Gasteiger partial charge in [-0.05, 0) is 6.92 Å². The van der Waals surface area contributed by atoms with Crippen molar-refractivity contribution in [2.45, 2.75) is 68.3 Å². The fourth-order valence-electron chi connectivity index (χ4n) is 3.75. The second-order valence-corrected chi connectivity index (χ2v) is 8.01. The minimum atomic E-state index is -1.65. The lowest BCUT2D eigenvalue weighted by Gasteiger charge is -2.42. The molecule has 0 unspecified atom stereocenters. The molecule has 0 bridgehead atoms. The number of aliphatic hydroxyl groups excluding tert-OH is 6. The van der Waals surface area contributed by atoms with Crippen LogP contribution in [0.4, 0.5) is 0 Å². The van der Waals surface area contributed by atoms with E-state index in [1.807, 2.05) is 0 Å². The number of hydrogen-bond donors (Lipinski definition) is 6. The van der Waals surface area contributed by atoms with Crippen molar-refractivity contribution in [3.63, 3.8) is 0 Å². The zero-order valence-corrected chi connectivity index (χ0v) is 19.2. The van der Waals surface area contributed by atoms with Crippen molar-refractivity contribution in [3.8, 4) is 23.0 Å². The van der Waals surface area contributed by atoms with E-state index >= 15 is 0 Å². The molecule has 0 spiro atoms.